The van der Waals surface area contributed by atoms with Crippen molar-refractivity contribution in [1.29, 1.82) is 0 Å². The largest absolute Gasteiger partial charge is 0.497 e. The SMILES string of the molecule is COc1ccc(C(=O)N(CC(=O)Nc2nc(CC(=O)NC3CCN(Cc4ccccc4)CC3)cs2)CC(C)C)cc1. The average molecular weight is 578 g/mol. The Hall–Kier alpha value is -3.76. The van der Waals surface area contributed by atoms with E-state index in [-0.39, 0.29) is 42.6 Å². The molecule has 2 aromatic carbocycles. The van der Waals surface area contributed by atoms with Gasteiger partial charge in [0.15, 0.2) is 5.13 Å². The molecule has 9 nitrogen and oxygen atoms in total. The molecule has 2 heterocycles. The quantitative estimate of drug-likeness (QED) is 0.334. The zero-order valence-electron chi connectivity index (χ0n) is 24.0. The highest BCUT2D eigenvalue weighted by molar-refractivity contribution is 7.13. The molecule has 3 aromatic rings. The van der Waals surface area contributed by atoms with Gasteiger partial charge in [0.25, 0.3) is 5.91 Å². The summed E-state index contributed by atoms with van der Waals surface area (Å²) in [7, 11) is 1.57. The molecule has 10 heteroatoms. The normalized spacial score (nSPS) is 14.0. The van der Waals surface area contributed by atoms with Crippen LogP contribution in [-0.2, 0) is 22.6 Å². The molecule has 2 N–H and O–H groups in total. The zero-order chi connectivity index (χ0) is 29.2. The number of ether oxygens (including phenoxy) is 1. The molecule has 0 radical (unpaired) electrons. The molecule has 218 valence electrons. The van der Waals surface area contributed by atoms with E-state index in [0.29, 0.717) is 28.7 Å². The maximum Gasteiger partial charge on any atom is 0.254 e. The Morgan fingerprint density at radius 1 is 1.05 bits per heavy atom. The number of hydrogen-bond acceptors (Lipinski definition) is 7. The van der Waals surface area contributed by atoms with E-state index in [1.165, 1.54) is 21.8 Å². The van der Waals surface area contributed by atoms with E-state index >= 15 is 0 Å². The average Bonchev–Trinajstić information content (AvgIpc) is 3.39. The minimum Gasteiger partial charge on any atom is -0.497 e. The lowest BCUT2D eigenvalue weighted by Gasteiger charge is -2.32. The lowest BCUT2D eigenvalue weighted by atomic mass is 10.0. The number of anilines is 1. The number of amides is 3. The monoisotopic (exact) mass is 577 g/mol. The molecule has 0 unspecified atom stereocenters. The number of rotatable bonds is 12. The van der Waals surface area contributed by atoms with Crippen LogP contribution >= 0.6 is 11.3 Å². The first-order chi connectivity index (χ1) is 19.8. The van der Waals surface area contributed by atoms with Crippen molar-refractivity contribution in [3.05, 3.63) is 76.8 Å². The van der Waals surface area contributed by atoms with Crippen LogP contribution in [0.3, 0.4) is 0 Å². The first kappa shape index (κ1) is 30.2. The Kier molecular flexibility index (Phi) is 10.9. The molecule has 0 aliphatic carbocycles. The van der Waals surface area contributed by atoms with E-state index in [1.807, 2.05) is 19.9 Å². The number of piperidine rings is 1. The van der Waals surface area contributed by atoms with Gasteiger partial charge in [0.05, 0.1) is 19.2 Å². The van der Waals surface area contributed by atoms with E-state index in [2.05, 4.69) is 44.8 Å². The van der Waals surface area contributed by atoms with E-state index < -0.39 is 0 Å². The van der Waals surface area contributed by atoms with Gasteiger partial charge in [-0.3, -0.25) is 19.3 Å². The van der Waals surface area contributed by atoms with Gasteiger partial charge in [-0.25, -0.2) is 4.98 Å². The number of methoxy groups -OCH3 is 1. The highest BCUT2D eigenvalue weighted by atomic mass is 32.1. The number of likely N-dealkylation sites (tertiary alicyclic amines) is 1. The van der Waals surface area contributed by atoms with Crippen molar-refractivity contribution in [3.63, 3.8) is 0 Å². The molecule has 1 aromatic heterocycles. The number of hydrogen-bond donors (Lipinski definition) is 2. The number of carbonyl (C=O) groups excluding carboxylic acids is 3. The second-order valence-corrected chi connectivity index (χ2v) is 11.6. The maximum atomic E-state index is 13.1. The van der Waals surface area contributed by atoms with Crippen molar-refractivity contribution in [1.82, 2.24) is 20.1 Å². The summed E-state index contributed by atoms with van der Waals surface area (Å²) in [6, 6.07) is 17.4. The van der Waals surface area contributed by atoms with Gasteiger partial charge in [0.2, 0.25) is 11.8 Å². The smallest absolute Gasteiger partial charge is 0.254 e. The molecule has 1 saturated heterocycles. The Morgan fingerprint density at radius 2 is 1.76 bits per heavy atom. The summed E-state index contributed by atoms with van der Waals surface area (Å²) < 4.78 is 5.17. The van der Waals surface area contributed by atoms with E-state index in [4.69, 9.17) is 4.74 Å². The molecule has 0 atom stereocenters. The van der Waals surface area contributed by atoms with E-state index in [1.54, 1.807) is 36.8 Å². The van der Waals surface area contributed by atoms with Gasteiger partial charge >= 0.3 is 0 Å². The van der Waals surface area contributed by atoms with Gasteiger partial charge in [-0.05, 0) is 48.6 Å². The fourth-order valence-electron chi connectivity index (χ4n) is 4.87. The van der Waals surface area contributed by atoms with Crippen molar-refractivity contribution >= 4 is 34.2 Å². The predicted octanol–water partition coefficient (Wildman–Crippen LogP) is 4.21. The highest BCUT2D eigenvalue weighted by Crippen LogP contribution is 2.18. The van der Waals surface area contributed by atoms with Crippen molar-refractivity contribution in [3.8, 4) is 5.75 Å². The fourth-order valence-corrected chi connectivity index (χ4v) is 5.60. The number of nitrogens with zero attached hydrogens (tertiary/aromatic N) is 3. The Labute approximate surface area is 245 Å². The Bertz CT molecular complexity index is 1290. The van der Waals surface area contributed by atoms with Gasteiger partial charge in [-0.1, -0.05) is 44.2 Å². The van der Waals surface area contributed by atoms with Crippen LogP contribution in [-0.4, -0.2) is 71.8 Å². The summed E-state index contributed by atoms with van der Waals surface area (Å²) in [4.78, 5) is 47.0. The van der Waals surface area contributed by atoms with Crippen LogP contribution in [0.4, 0.5) is 5.13 Å². The lowest BCUT2D eigenvalue weighted by molar-refractivity contribution is -0.121. The molecule has 3 amide bonds. The van der Waals surface area contributed by atoms with Crippen LogP contribution in [0, 0.1) is 5.92 Å². The van der Waals surface area contributed by atoms with Crippen LogP contribution in [0.2, 0.25) is 0 Å². The fraction of sp³-hybridized carbons (Fsp3) is 0.419. The molecule has 0 bridgehead atoms. The third-order valence-corrected chi connectivity index (χ3v) is 7.69. The van der Waals surface area contributed by atoms with Crippen LogP contribution in [0.1, 0.15) is 48.3 Å². The second-order valence-electron chi connectivity index (χ2n) is 10.8. The minimum absolute atomic E-state index is 0.0668. The van der Waals surface area contributed by atoms with Gasteiger partial charge < -0.3 is 20.3 Å². The van der Waals surface area contributed by atoms with Crippen molar-refractivity contribution in [2.24, 2.45) is 5.92 Å². The van der Waals surface area contributed by atoms with Crippen molar-refractivity contribution < 1.29 is 19.1 Å². The van der Waals surface area contributed by atoms with Gasteiger partial charge in [-0.15, -0.1) is 11.3 Å². The Balaban J connectivity index is 1.23. The van der Waals surface area contributed by atoms with Gasteiger partial charge in [0, 0.05) is 43.2 Å². The Morgan fingerprint density at radius 3 is 2.41 bits per heavy atom. The van der Waals surface area contributed by atoms with Crippen molar-refractivity contribution in [2.75, 3.05) is 38.6 Å². The molecular formula is C31H39N5O4S. The first-order valence-electron chi connectivity index (χ1n) is 14.0. The van der Waals surface area contributed by atoms with Crippen LogP contribution in [0.15, 0.2) is 60.0 Å². The molecule has 1 aliphatic rings. The van der Waals surface area contributed by atoms with Crippen LogP contribution in [0.25, 0.3) is 0 Å². The third-order valence-electron chi connectivity index (χ3n) is 6.89. The summed E-state index contributed by atoms with van der Waals surface area (Å²) in [6.07, 6.45) is 1.99. The summed E-state index contributed by atoms with van der Waals surface area (Å²) in [5.41, 5.74) is 2.40. The molecule has 41 heavy (non-hydrogen) atoms. The predicted molar refractivity (Wildman–Crippen MR) is 161 cm³/mol. The third kappa shape index (κ3) is 9.40. The molecule has 1 fully saturated rings. The zero-order valence-corrected chi connectivity index (χ0v) is 24.8. The summed E-state index contributed by atoms with van der Waals surface area (Å²) in [5, 5.41) is 8.12. The molecule has 0 spiro atoms. The summed E-state index contributed by atoms with van der Waals surface area (Å²) in [6.45, 7) is 7.16. The van der Waals surface area contributed by atoms with Crippen LogP contribution < -0.4 is 15.4 Å². The first-order valence-corrected chi connectivity index (χ1v) is 14.9. The van der Waals surface area contributed by atoms with E-state index in [0.717, 1.165) is 32.5 Å². The van der Waals surface area contributed by atoms with Gasteiger partial charge in [0.1, 0.15) is 12.3 Å². The number of thiazole rings is 1. The minimum atomic E-state index is -0.333. The number of benzene rings is 2. The van der Waals surface area contributed by atoms with E-state index in [9.17, 15) is 14.4 Å². The number of nitrogens with one attached hydrogen (secondary N) is 2. The van der Waals surface area contributed by atoms with Crippen molar-refractivity contribution in [2.45, 2.75) is 45.7 Å². The second kappa shape index (κ2) is 14.7. The summed E-state index contributed by atoms with van der Waals surface area (Å²) >= 11 is 1.27. The molecule has 1 aliphatic heterocycles. The maximum absolute atomic E-state index is 13.1. The highest BCUT2D eigenvalue weighted by Gasteiger charge is 2.23. The number of aromatic nitrogens is 1. The molecular weight excluding hydrogens is 538 g/mol. The van der Waals surface area contributed by atoms with Gasteiger partial charge in [-0.2, -0.15) is 0 Å². The number of carbonyl (C=O) groups is 3. The lowest BCUT2D eigenvalue weighted by Crippen LogP contribution is -2.44. The summed E-state index contributed by atoms with van der Waals surface area (Å²) in [5.74, 6) is 0.222. The standard InChI is InChI=1S/C31H39N5O4S/c1-22(2)18-36(30(39)24-9-11-27(40-3)12-10-24)20-29(38)34-31-33-26(21-41-31)17-28(37)32-25-13-15-35(16-14-25)19-23-7-5-4-6-8-23/h4-12,21-22,25H,13-20H2,1-3H3,(H,32,37)(H,33,34,38). The molecule has 0 saturated carbocycles. The molecule has 4 rings (SSSR count). The topological polar surface area (TPSA) is 104 Å². The van der Waals surface area contributed by atoms with Crippen LogP contribution in [0.5, 0.6) is 5.75 Å².